The third-order valence-electron chi connectivity index (χ3n) is 5.82. The van der Waals surface area contributed by atoms with E-state index in [-0.39, 0.29) is 0 Å². The van der Waals surface area contributed by atoms with Crippen molar-refractivity contribution in [2.45, 2.75) is 32.6 Å². The quantitative estimate of drug-likeness (QED) is 0.632. The minimum absolute atomic E-state index is 0.347. The normalized spacial score (nSPS) is 22.4. The van der Waals surface area contributed by atoms with Crippen LogP contribution >= 0.6 is 0 Å². The van der Waals surface area contributed by atoms with Gasteiger partial charge >= 0.3 is 0 Å². The van der Waals surface area contributed by atoms with Crippen LogP contribution in [0.3, 0.4) is 0 Å². The number of likely N-dealkylation sites (tertiary alicyclic amines) is 1. The van der Waals surface area contributed by atoms with Crippen molar-refractivity contribution in [1.29, 1.82) is 0 Å². The molecule has 3 heterocycles. The molecule has 2 aliphatic rings. The van der Waals surface area contributed by atoms with E-state index in [2.05, 4.69) is 37.5 Å². The smallest absolute Gasteiger partial charge is 0.257 e. The number of rotatable bonds is 5. The molecule has 1 aromatic carbocycles. The third-order valence-corrected chi connectivity index (χ3v) is 5.82. The summed E-state index contributed by atoms with van der Waals surface area (Å²) in [5.74, 6) is 2.32. The van der Waals surface area contributed by atoms with Gasteiger partial charge in [-0.2, -0.15) is 4.98 Å². The Bertz CT molecular complexity index is 808. The fourth-order valence-electron chi connectivity index (χ4n) is 4.07. The fourth-order valence-corrected chi connectivity index (χ4v) is 4.07. The Morgan fingerprint density at radius 1 is 1.29 bits per heavy atom. The maximum absolute atomic E-state index is 5.63. The maximum atomic E-state index is 5.63. The Hall–Kier alpha value is -2.41. The molecule has 28 heavy (non-hydrogen) atoms. The number of aromatic nitrogens is 2. The molecule has 2 aromatic rings. The van der Waals surface area contributed by atoms with Gasteiger partial charge in [0.2, 0.25) is 0 Å². The van der Waals surface area contributed by atoms with Crippen LogP contribution in [0.5, 0.6) is 0 Å². The van der Waals surface area contributed by atoms with Crippen LogP contribution in [0.4, 0.5) is 0 Å². The van der Waals surface area contributed by atoms with E-state index >= 15 is 0 Å². The zero-order valence-corrected chi connectivity index (χ0v) is 16.8. The number of nitrogens with one attached hydrogen (secondary N) is 1. The molecule has 150 valence electrons. The molecular weight excluding hydrogens is 354 g/mol. The molecule has 1 spiro atoms. The second-order valence-corrected chi connectivity index (χ2v) is 7.76. The molecule has 0 saturated carbocycles. The molecule has 2 aliphatic heterocycles. The topological polar surface area (TPSA) is 75.8 Å². The third kappa shape index (κ3) is 4.04. The van der Waals surface area contributed by atoms with Crippen LogP contribution in [0.25, 0.3) is 11.5 Å². The van der Waals surface area contributed by atoms with Crippen molar-refractivity contribution in [2.24, 2.45) is 10.4 Å². The van der Waals surface area contributed by atoms with E-state index in [9.17, 15) is 0 Å². The van der Waals surface area contributed by atoms with Gasteiger partial charge in [-0.1, -0.05) is 24.2 Å². The van der Waals surface area contributed by atoms with Crippen molar-refractivity contribution in [3.05, 3.63) is 35.7 Å². The van der Waals surface area contributed by atoms with Crippen LogP contribution in [-0.4, -0.2) is 60.9 Å². The van der Waals surface area contributed by atoms with Gasteiger partial charge in [-0.3, -0.25) is 4.99 Å². The summed E-state index contributed by atoms with van der Waals surface area (Å²) in [4.78, 5) is 11.2. The summed E-state index contributed by atoms with van der Waals surface area (Å²) in [6, 6.07) is 8.33. The summed E-state index contributed by atoms with van der Waals surface area (Å²) in [6.45, 7) is 6.77. The first-order valence-corrected chi connectivity index (χ1v) is 10.2. The second-order valence-electron chi connectivity index (χ2n) is 7.76. The van der Waals surface area contributed by atoms with Crippen molar-refractivity contribution in [3.63, 3.8) is 0 Å². The summed E-state index contributed by atoms with van der Waals surface area (Å²) in [5.41, 5.74) is 2.57. The number of nitrogens with zero attached hydrogens (tertiary/aromatic N) is 4. The van der Waals surface area contributed by atoms with Crippen molar-refractivity contribution in [3.8, 4) is 11.5 Å². The summed E-state index contributed by atoms with van der Waals surface area (Å²) in [5, 5.41) is 7.47. The molecule has 4 rings (SSSR count). The first-order chi connectivity index (χ1) is 13.7. The Balaban J connectivity index is 1.28. The predicted molar refractivity (Wildman–Crippen MR) is 108 cm³/mol. The van der Waals surface area contributed by atoms with Crippen LogP contribution < -0.4 is 5.32 Å². The standard InChI is InChI=1S/C21H29N5O2/c1-3-18-24-19(28-25-18)17-6-4-16(5-7-17)8-11-23-20(22-2)26-12-9-21(14-26)10-13-27-15-21/h4-7H,3,8-15H2,1-2H3,(H,22,23). The minimum Gasteiger partial charge on any atom is -0.381 e. The summed E-state index contributed by atoms with van der Waals surface area (Å²) >= 11 is 0. The van der Waals surface area contributed by atoms with E-state index in [0.29, 0.717) is 11.3 Å². The molecule has 1 atom stereocenters. The highest BCUT2D eigenvalue weighted by Crippen LogP contribution is 2.38. The Kier molecular flexibility index (Phi) is 5.62. The lowest BCUT2D eigenvalue weighted by atomic mass is 9.87. The first-order valence-electron chi connectivity index (χ1n) is 10.2. The molecule has 7 heteroatoms. The van der Waals surface area contributed by atoms with Crippen molar-refractivity contribution in [1.82, 2.24) is 20.4 Å². The number of aliphatic imine (C=N–C) groups is 1. The van der Waals surface area contributed by atoms with Gasteiger partial charge in [0.05, 0.1) is 6.61 Å². The molecule has 0 radical (unpaired) electrons. The SMILES string of the molecule is CCc1noc(-c2ccc(CCNC(=NC)N3CCC4(CCOC4)C3)cc2)n1. The molecular formula is C21H29N5O2. The lowest BCUT2D eigenvalue weighted by Gasteiger charge is -2.25. The van der Waals surface area contributed by atoms with Crippen LogP contribution in [0.15, 0.2) is 33.8 Å². The zero-order valence-electron chi connectivity index (χ0n) is 16.8. The molecule has 2 fully saturated rings. The van der Waals surface area contributed by atoms with Gasteiger partial charge < -0.3 is 19.5 Å². The van der Waals surface area contributed by atoms with Crippen molar-refractivity contribution >= 4 is 5.96 Å². The molecule has 1 N–H and O–H groups in total. The van der Waals surface area contributed by atoms with Gasteiger partial charge in [0.1, 0.15) is 0 Å². The van der Waals surface area contributed by atoms with Crippen LogP contribution in [0.2, 0.25) is 0 Å². The highest BCUT2D eigenvalue weighted by molar-refractivity contribution is 5.80. The van der Waals surface area contributed by atoms with Crippen LogP contribution in [0, 0.1) is 5.41 Å². The number of hydrogen-bond acceptors (Lipinski definition) is 5. The predicted octanol–water partition coefficient (Wildman–Crippen LogP) is 2.53. The Labute approximate surface area is 166 Å². The molecule has 1 aromatic heterocycles. The molecule has 1 unspecified atom stereocenters. The molecule has 2 saturated heterocycles. The van der Waals surface area contributed by atoms with Gasteiger partial charge in [-0.15, -0.1) is 0 Å². The lowest BCUT2D eigenvalue weighted by Crippen LogP contribution is -2.42. The monoisotopic (exact) mass is 383 g/mol. The van der Waals surface area contributed by atoms with Gasteiger partial charge in [0, 0.05) is 50.7 Å². The molecule has 7 nitrogen and oxygen atoms in total. The van der Waals surface area contributed by atoms with Crippen molar-refractivity contribution in [2.75, 3.05) is 39.9 Å². The van der Waals surface area contributed by atoms with E-state index in [4.69, 9.17) is 9.26 Å². The van der Waals surface area contributed by atoms with E-state index in [1.54, 1.807) is 0 Å². The maximum Gasteiger partial charge on any atom is 0.257 e. The van der Waals surface area contributed by atoms with E-state index in [0.717, 1.165) is 63.0 Å². The highest BCUT2D eigenvalue weighted by Gasteiger charge is 2.42. The van der Waals surface area contributed by atoms with E-state index in [1.807, 2.05) is 26.1 Å². The average Bonchev–Trinajstić information content (AvgIpc) is 3.48. The molecule has 0 aliphatic carbocycles. The van der Waals surface area contributed by atoms with Gasteiger partial charge in [-0.25, -0.2) is 0 Å². The molecule has 0 bridgehead atoms. The van der Waals surface area contributed by atoms with Crippen LogP contribution in [-0.2, 0) is 17.6 Å². The number of benzene rings is 1. The van der Waals surface area contributed by atoms with Gasteiger partial charge in [0.15, 0.2) is 11.8 Å². The largest absolute Gasteiger partial charge is 0.381 e. The fraction of sp³-hybridized carbons (Fsp3) is 0.571. The van der Waals surface area contributed by atoms with Gasteiger partial charge in [0.25, 0.3) is 5.89 Å². The zero-order chi connectivity index (χ0) is 19.4. The Morgan fingerprint density at radius 3 is 2.82 bits per heavy atom. The lowest BCUT2D eigenvalue weighted by molar-refractivity contribution is 0.156. The Morgan fingerprint density at radius 2 is 2.14 bits per heavy atom. The second kappa shape index (κ2) is 8.31. The number of hydrogen-bond donors (Lipinski definition) is 1. The van der Waals surface area contributed by atoms with Crippen molar-refractivity contribution < 1.29 is 9.26 Å². The summed E-state index contributed by atoms with van der Waals surface area (Å²) in [6.07, 6.45) is 4.09. The van der Waals surface area contributed by atoms with E-state index < -0.39 is 0 Å². The van der Waals surface area contributed by atoms with E-state index in [1.165, 1.54) is 18.4 Å². The number of guanidine groups is 1. The molecule has 0 amide bonds. The summed E-state index contributed by atoms with van der Waals surface area (Å²) < 4.78 is 10.9. The first kappa shape index (κ1) is 18.9. The average molecular weight is 383 g/mol. The number of ether oxygens (including phenoxy) is 1. The summed E-state index contributed by atoms with van der Waals surface area (Å²) in [7, 11) is 1.86. The van der Waals surface area contributed by atoms with Crippen LogP contribution in [0.1, 0.15) is 31.2 Å². The van der Waals surface area contributed by atoms with Gasteiger partial charge in [-0.05, 0) is 37.0 Å². The minimum atomic E-state index is 0.347. The highest BCUT2D eigenvalue weighted by atomic mass is 16.5. The number of aryl methyl sites for hydroxylation is 1.